The number of rotatable bonds is 5. The van der Waals surface area contributed by atoms with Crippen molar-refractivity contribution in [3.63, 3.8) is 0 Å². The normalized spacial score (nSPS) is 32.7. The third-order valence-electron chi connectivity index (χ3n) is 11.7. The number of hydrogen-bond donors (Lipinski definition) is 1. The summed E-state index contributed by atoms with van der Waals surface area (Å²) < 4.78 is 4.97. The average molecular weight is 624 g/mol. The van der Waals surface area contributed by atoms with Crippen LogP contribution in [0.3, 0.4) is 0 Å². The van der Waals surface area contributed by atoms with Crippen LogP contribution in [0.25, 0.3) is 4.85 Å². The van der Waals surface area contributed by atoms with Crippen molar-refractivity contribution in [2.24, 2.45) is 28.6 Å². The minimum absolute atomic E-state index is 0.252. The second-order valence-corrected chi connectivity index (χ2v) is 13.8. The van der Waals surface area contributed by atoms with Crippen molar-refractivity contribution in [1.82, 2.24) is 15.1 Å². The predicted octanol–water partition coefficient (Wildman–Crippen LogP) is 8.83. The summed E-state index contributed by atoms with van der Waals surface area (Å²) in [4.78, 5) is 16.5. The highest BCUT2D eigenvalue weighted by Crippen LogP contribution is 2.65. The van der Waals surface area contributed by atoms with Gasteiger partial charge in [0.1, 0.15) is 12.5 Å². The Hall–Kier alpha value is -3.98. The van der Waals surface area contributed by atoms with E-state index in [9.17, 15) is 0 Å². The van der Waals surface area contributed by atoms with Crippen LogP contribution >= 0.6 is 0 Å². The van der Waals surface area contributed by atoms with E-state index < -0.39 is 0 Å². The highest BCUT2D eigenvalue weighted by Gasteiger charge is 2.58. The van der Waals surface area contributed by atoms with E-state index >= 15 is 0 Å². The molecular weight excluding hydrogens is 568 g/mol. The lowest BCUT2D eigenvalue weighted by Gasteiger charge is -2.58. The quantitative estimate of drug-likeness (QED) is 0.332. The molecule has 1 heterocycles. The van der Waals surface area contributed by atoms with Gasteiger partial charge in [0.05, 0.1) is 31.4 Å². The number of benzene rings is 1. The number of allylic oxidation sites excluding steroid dienone is 6. The number of methoxy groups -OCH3 is 1. The van der Waals surface area contributed by atoms with Crippen molar-refractivity contribution in [3.8, 4) is 12.3 Å². The molecule has 6 nitrogen and oxygen atoms in total. The zero-order chi connectivity index (χ0) is 33.5. The number of ether oxygens (including phenoxy) is 1. The molecule has 1 N–H and O–H groups in total. The monoisotopic (exact) mass is 623 g/mol. The van der Waals surface area contributed by atoms with Crippen LogP contribution < -0.4 is 10.1 Å². The van der Waals surface area contributed by atoms with Crippen LogP contribution in [0.1, 0.15) is 71.3 Å². The van der Waals surface area contributed by atoms with Crippen LogP contribution in [0.5, 0.6) is 5.75 Å². The molecule has 1 saturated heterocycles. The van der Waals surface area contributed by atoms with Gasteiger partial charge in [0, 0.05) is 24.2 Å². The molecule has 1 aliphatic heterocycles. The van der Waals surface area contributed by atoms with E-state index in [1.54, 1.807) is 24.6 Å². The summed E-state index contributed by atoms with van der Waals surface area (Å²) >= 11 is 0. The van der Waals surface area contributed by atoms with Gasteiger partial charge in [-0.05, 0) is 105 Å². The molecule has 6 unspecified atom stereocenters. The topological polar surface area (TPSA) is 49.2 Å². The summed E-state index contributed by atoms with van der Waals surface area (Å²) in [6, 6.07) is 8.51. The lowest BCUT2D eigenvalue weighted by molar-refractivity contribution is -0.0980. The average Bonchev–Trinajstić information content (AvgIpc) is 3.64. The second kappa shape index (κ2) is 15.1. The van der Waals surface area contributed by atoms with Gasteiger partial charge in [-0.2, -0.15) is 0 Å². The molecule has 0 aromatic heterocycles. The first-order valence-electron chi connectivity index (χ1n) is 16.8. The first-order valence-corrected chi connectivity index (χ1v) is 16.8. The van der Waals surface area contributed by atoms with Gasteiger partial charge in [0.2, 0.25) is 0 Å². The van der Waals surface area contributed by atoms with E-state index in [1.807, 2.05) is 43.3 Å². The van der Waals surface area contributed by atoms with E-state index in [0.29, 0.717) is 11.5 Å². The Morgan fingerprint density at radius 2 is 1.80 bits per heavy atom. The molecule has 3 fully saturated rings. The van der Waals surface area contributed by atoms with Gasteiger partial charge in [0.15, 0.2) is 0 Å². The zero-order valence-corrected chi connectivity index (χ0v) is 29.0. The Kier molecular flexibility index (Phi) is 11.4. The largest absolute Gasteiger partial charge is 0.497 e. The third-order valence-corrected chi connectivity index (χ3v) is 11.7. The number of carbonyl (C=O) groups is 1. The summed E-state index contributed by atoms with van der Waals surface area (Å²) in [5, 5.41) is 3.61. The number of carbonyl (C=O) groups excluding carboxylic acids is 1. The molecular formula is C40H55N4O2+. The van der Waals surface area contributed by atoms with Crippen molar-refractivity contribution in [2.75, 3.05) is 20.8 Å². The van der Waals surface area contributed by atoms with Crippen LogP contribution in [-0.2, 0) is 4.79 Å². The molecule has 6 heteroatoms. The molecule has 0 bridgehead atoms. The first kappa shape index (κ1) is 34.9. The summed E-state index contributed by atoms with van der Waals surface area (Å²) in [6.45, 7) is 21.5. The number of nitrogens with zero attached hydrogens (tertiary/aromatic N) is 3. The maximum atomic E-state index is 8.00. The number of fused-ring (bicyclic) bond motifs is 5. The molecule has 1 aromatic carbocycles. The van der Waals surface area contributed by atoms with Crippen LogP contribution in [0, 0.1) is 42.1 Å². The van der Waals surface area contributed by atoms with Crippen LogP contribution in [0.4, 0.5) is 0 Å². The molecule has 0 amide bonds. The molecule has 6 atom stereocenters. The van der Waals surface area contributed by atoms with Crippen molar-refractivity contribution in [1.29, 1.82) is 0 Å². The first-order chi connectivity index (χ1) is 22.2. The van der Waals surface area contributed by atoms with E-state index in [1.165, 1.54) is 61.9 Å². The van der Waals surface area contributed by atoms with Gasteiger partial charge < -0.3 is 24.6 Å². The maximum Gasteiger partial charge on any atom is 0.320 e. The Morgan fingerprint density at radius 3 is 2.46 bits per heavy atom. The zero-order valence-electron chi connectivity index (χ0n) is 29.0. The van der Waals surface area contributed by atoms with E-state index in [2.05, 4.69) is 85.6 Å². The number of nitrogens with one attached hydrogen (secondary N) is 1. The SMILES string of the molecule is C#[N+]/C=C\N(C)C1CCC2(C)C(=CCC3C2CCC2(C)C(N4CNC(=C/C)/C4=C\C=C)=CCC32)C1.C=O.COc1ccc(C)cc1. The Labute approximate surface area is 278 Å². The molecule has 46 heavy (non-hydrogen) atoms. The highest BCUT2D eigenvalue weighted by molar-refractivity contribution is 5.41. The molecule has 246 valence electrons. The van der Waals surface area contributed by atoms with E-state index in [-0.39, 0.29) is 5.41 Å². The minimum Gasteiger partial charge on any atom is -0.497 e. The van der Waals surface area contributed by atoms with Crippen LogP contribution in [-0.4, -0.2) is 43.5 Å². The van der Waals surface area contributed by atoms with Gasteiger partial charge >= 0.3 is 6.20 Å². The lowest BCUT2D eigenvalue weighted by Crippen LogP contribution is -2.51. The molecule has 6 rings (SSSR count). The highest BCUT2D eigenvalue weighted by atomic mass is 16.5. The standard InChI is InChI=1S/C31H43N4.C8H10O.CH2O/c1-7-9-28-27(8-2)33-21-35(28)29-13-12-25-24-11-10-22-20-23(34(6)19-18-32-5)14-16-30(22,3)26(24)15-17-31(25,29)4;1-7-3-5-8(9-2)6-4-7;1-2/h5,7-10,13,18-19,23-26,33H,1,11-12,14-17,20-21H2,2-4,6H3;3-6H,1-2H3;1H2/q+1;;/b19-18-,27-8+,28-9+;;. The fraction of sp³-hybridized carbons (Fsp3) is 0.500. The van der Waals surface area contributed by atoms with Gasteiger partial charge in [-0.3, -0.25) is 0 Å². The van der Waals surface area contributed by atoms with Crippen molar-refractivity contribution in [2.45, 2.75) is 78.7 Å². The molecule has 2 saturated carbocycles. The molecule has 1 aromatic rings. The Morgan fingerprint density at radius 1 is 1.09 bits per heavy atom. The fourth-order valence-electron chi connectivity index (χ4n) is 9.13. The van der Waals surface area contributed by atoms with Crippen molar-refractivity contribution >= 4 is 6.79 Å². The van der Waals surface area contributed by atoms with Gasteiger partial charge in [-0.25, -0.2) is 0 Å². The van der Waals surface area contributed by atoms with E-state index in [0.717, 1.165) is 30.2 Å². The predicted molar refractivity (Wildman–Crippen MR) is 191 cm³/mol. The Balaban J connectivity index is 0.000000374. The van der Waals surface area contributed by atoms with E-state index in [4.69, 9.17) is 16.1 Å². The van der Waals surface area contributed by atoms with Gasteiger partial charge in [-0.15, -0.1) is 0 Å². The number of hydrogen-bond acceptors (Lipinski definition) is 5. The van der Waals surface area contributed by atoms with Gasteiger partial charge in [-0.1, -0.05) is 68.0 Å². The smallest absolute Gasteiger partial charge is 0.320 e. The van der Waals surface area contributed by atoms with Crippen molar-refractivity contribution in [3.05, 3.63) is 107 Å². The summed E-state index contributed by atoms with van der Waals surface area (Å²) in [5.41, 5.74) is 7.62. The van der Waals surface area contributed by atoms with Gasteiger partial charge in [0.25, 0.3) is 6.57 Å². The lowest BCUT2D eigenvalue weighted by atomic mass is 9.47. The summed E-state index contributed by atoms with van der Waals surface area (Å²) in [7, 11) is 3.84. The summed E-state index contributed by atoms with van der Waals surface area (Å²) in [6.07, 6.45) is 24.0. The maximum absolute atomic E-state index is 8.00. The fourth-order valence-corrected chi connectivity index (χ4v) is 9.13. The van der Waals surface area contributed by atoms with Crippen LogP contribution in [0.2, 0.25) is 0 Å². The molecule has 5 aliphatic rings. The molecule has 0 radical (unpaired) electrons. The van der Waals surface area contributed by atoms with Crippen molar-refractivity contribution < 1.29 is 9.53 Å². The second-order valence-electron chi connectivity index (χ2n) is 13.8. The van der Waals surface area contributed by atoms with Crippen LogP contribution in [0.15, 0.2) is 96.3 Å². The number of aryl methyl sites for hydroxylation is 1. The summed E-state index contributed by atoms with van der Waals surface area (Å²) in [5.74, 6) is 3.24. The Bertz CT molecular complexity index is 1430. The molecule has 0 spiro atoms. The minimum atomic E-state index is 0.252. The third kappa shape index (κ3) is 6.61. The molecule has 4 aliphatic carbocycles.